The molecule has 0 saturated carbocycles. The van der Waals surface area contributed by atoms with Gasteiger partial charge in [-0.25, -0.2) is 4.98 Å². The standard InChI is InChI=1S/C21H22N2O4/c1-23(13-12-19(24)25)15-18-14-22-20(27-18)21(26,16-8-4-2-5-9-16)17-10-6-3-7-11-17/h2-11,14,26H,12-13,15H2,1H3,(H,24,25). The molecule has 0 fully saturated rings. The lowest BCUT2D eigenvalue weighted by molar-refractivity contribution is -0.137. The highest BCUT2D eigenvalue weighted by molar-refractivity contribution is 5.66. The van der Waals surface area contributed by atoms with E-state index in [-0.39, 0.29) is 12.3 Å². The van der Waals surface area contributed by atoms with Gasteiger partial charge in [0, 0.05) is 6.54 Å². The normalized spacial score (nSPS) is 11.7. The van der Waals surface area contributed by atoms with E-state index in [2.05, 4.69) is 4.98 Å². The lowest BCUT2D eigenvalue weighted by Gasteiger charge is -2.26. The summed E-state index contributed by atoms with van der Waals surface area (Å²) >= 11 is 0. The summed E-state index contributed by atoms with van der Waals surface area (Å²) in [5, 5.41) is 20.4. The molecule has 6 nitrogen and oxygen atoms in total. The Bertz CT molecular complexity index is 838. The number of rotatable bonds is 8. The average Bonchev–Trinajstić information content (AvgIpc) is 3.16. The molecule has 3 aromatic rings. The summed E-state index contributed by atoms with van der Waals surface area (Å²) in [6.07, 6.45) is 1.62. The number of oxazole rings is 1. The molecule has 0 amide bonds. The topological polar surface area (TPSA) is 86.8 Å². The third-order valence-corrected chi connectivity index (χ3v) is 4.38. The van der Waals surface area contributed by atoms with Gasteiger partial charge in [-0.15, -0.1) is 0 Å². The van der Waals surface area contributed by atoms with Gasteiger partial charge in [-0.3, -0.25) is 9.69 Å². The van der Waals surface area contributed by atoms with Crippen LogP contribution in [-0.4, -0.2) is 39.7 Å². The van der Waals surface area contributed by atoms with Gasteiger partial charge in [-0.05, 0) is 18.2 Å². The fraction of sp³-hybridized carbons (Fsp3) is 0.238. The van der Waals surface area contributed by atoms with Gasteiger partial charge in [0.25, 0.3) is 0 Å². The monoisotopic (exact) mass is 366 g/mol. The number of carbonyl (C=O) groups is 1. The number of aliphatic carboxylic acids is 1. The van der Waals surface area contributed by atoms with Crippen molar-refractivity contribution in [1.29, 1.82) is 0 Å². The molecule has 0 aliphatic carbocycles. The van der Waals surface area contributed by atoms with Crippen molar-refractivity contribution in [2.75, 3.05) is 13.6 Å². The lowest BCUT2D eigenvalue weighted by Crippen LogP contribution is -2.29. The maximum atomic E-state index is 11.6. The molecule has 0 bridgehead atoms. The maximum Gasteiger partial charge on any atom is 0.304 e. The molecule has 2 N–H and O–H groups in total. The Morgan fingerprint density at radius 1 is 1.07 bits per heavy atom. The largest absolute Gasteiger partial charge is 0.481 e. The third kappa shape index (κ3) is 4.24. The van der Waals surface area contributed by atoms with E-state index in [0.29, 0.717) is 30.0 Å². The van der Waals surface area contributed by atoms with Gasteiger partial charge in [0.05, 0.1) is 19.2 Å². The zero-order valence-corrected chi connectivity index (χ0v) is 15.1. The highest BCUT2D eigenvalue weighted by Crippen LogP contribution is 2.36. The van der Waals surface area contributed by atoms with Gasteiger partial charge in [0.1, 0.15) is 5.76 Å². The molecule has 1 heterocycles. The third-order valence-electron chi connectivity index (χ3n) is 4.38. The molecule has 3 rings (SSSR count). The van der Waals surface area contributed by atoms with Crippen LogP contribution >= 0.6 is 0 Å². The van der Waals surface area contributed by atoms with Crippen LogP contribution in [0.2, 0.25) is 0 Å². The molecule has 0 spiro atoms. The minimum atomic E-state index is -1.51. The maximum absolute atomic E-state index is 11.6. The number of carboxylic acid groups (broad SMARTS) is 1. The van der Waals surface area contributed by atoms with Crippen LogP contribution in [-0.2, 0) is 16.9 Å². The SMILES string of the molecule is CN(CCC(=O)O)Cc1cnc(C(O)(c2ccccc2)c2ccccc2)o1. The molecular formula is C21H22N2O4. The second-order valence-electron chi connectivity index (χ2n) is 6.46. The first-order valence-electron chi connectivity index (χ1n) is 8.69. The Balaban J connectivity index is 1.91. The number of carboxylic acids is 1. The lowest BCUT2D eigenvalue weighted by atomic mass is 9.86. The van der Waals surface area contributed by atoms with Crippen molar-refractivity contribution in [2.45, 2.75) is 18.6 Å². The van der Waals surface area contributed by atoms with E-state index in [9.17, 15) is 9.90 Å². The van der Waals surface area contributed by atoms with Crippen LogP contribution in [0.4, 0.5) is 0 Å². The minimum absolute atomic E-state index is 0.0511. The van der Waals surface area contributed by atoms with Crippen LogP contribution in [0.15, 0.2) is 71.3 Å². The van der Waals surface area contributed by atoms with Gasteiger partial charge in [0.15, 0.2) is 5.60 Å². The molecule has 2 aromatic carbocycles. The molecule has 1 aromatic heterocycles. The van der Waals surface area contributed by atoms with Crippen LogP contribution in [0.1, 0.15) is 29.2 Å². The van der Waals surface area contributed by atoms with E-state index in [1.165, 1.54) is 0 Å². The van der Waals surface area contributed by atoms with Crippen molar-refractivity contribution in [2.24, 2.45) is 0 Å². The van der Waals surface area contributed by atoms with E-state index < -0.39 is 11.6 Å². The van der Waals surface area contributed by atoms with E-state index >= 15 is 0 Å². The second kappa shape index (κ2) is 8.16. The summed E-state index contributed by atoms with van der Waals surface area (Å²) in [7, 11) is 1.81. The second-order valence-corrected chi connectivity index (χ2v) is 6.46. The van der Waals surface area contributed by atoms with Crippen molar-refractivity contribution in [3.05, 3.63) is 89.6 Å². The van der Waals surface area contributed by atoms with Gasteiger partial charge in [0.2, 0.25) is 5.89 Å². The summed E-state index contributed by atoms with van der Waals surface area (Å²) in [5.74, 6) is -0.104. The number of benzene rings is 2. The van der Waals surface area contributed by atoms with E-state index in [0.717, 1.165) is 0 Å². The molecule has 0 aliphatic rings. The van der Waals surface area contributed by atoms with Crippen LogP contribution in [0.25, 0.3) is 0 Å². The zero-order chi connectivity index (χ0) is 19.3. The molecule has 140 valence electrons. The Morgan fingerprint density at radius 3 is 2.15 bits per heavy atom. The number of aliphatic hydroxyl groups is 1. The average molecular weight is 366 g/mol. The molecule has 6 heteroatoms. The minimum Gasteiger partial charge on any atom is -0.481 e. The molecule has 0 radical (unpaired) electrons. The molecule has 0 aliphatic heterocycles. The zero-order valence-electron chi connectivity index (χ0n) is 15.1. The quantitative estimate of drug-likeness (QED) is 0.637. The van der Waals surface area contributed by atoms with Crippen molar-refractivity contribution in [1.82, 2.24) is 9.88 Å². The highest BCUT2D eigenvalue weighted by Gasteiger charge is 2.38. The van der Waals surface area contributed by atoms with Crippen LogP contribution < -0.4 is 0 Å². The first-order valence-corrected chi connectivity index (χ1v) is 8.69. The Labute approximate surface area is 157 Å². The van der Waals surface area contributed by atoms with E-state index in [1.54, 1.807) is 6.20 Å². The van der Waals surface area contributed by atoms with E-state index in [1.807, 2.05) is 72.6 Å². The van der Waals surface area contributed by atoms with Crippen LogP contribution in [0.3, 0.4) is 0 Å². The Kier molecular flexibility index (Phi) is 5.69. The van der Waals surface area contributed by atoms with Gasteiger partial charge in [-0.2, -0.15) is 0 Å². The highest BCUT2D eigenvalue weighted by atomic mass is 16.4. The van der Waals surface area contributed by atoms with Crippen LogP contribution in [0, 0.1) is 0 Å². The van der Waals surface area contributed by atoms with Crippen molar-refractivity contribution in [3.8, 4) is 0 Å². The van der Waals surface area contributed by atoms with Crippen molar-refractivity contribution >= 4 is 5.97 Å². The fourth-order valence-corrected chi connectivity index (χ4v) is 2.95. The summed E-state index contributed by atoms with van der Waals surface area (Å²) < 4.78 is 5.88. The van der Waals surface area contributed by atoms with Gasteiger partial charge < -0.3 is 14.6 Å². The predicted octanol–water partition coefficient (Wildman–Crippen LogP) is 2.87. The first kappa shape index (κ1) is 18.8. The predicted molar refractivity (Wildman–Crippen MR) is 100 cm³/mol. The fourth-order valence-electron chi connectivity index (χ4n) is 2.95. The molecule has 0 atom stereocenters. The molecule has 27 heavy (non-hydrogen) atoms. The molecular weight excluding hydrogens is 344 g/mol. The number of hydrogen-bond donors (Lipinski definition) is 2. The Hall–Kier alpha value is -2.96. The number of nitrogens with zero attached hydrogens (tertiary/aromatic N) is 2. The Morgan fingerprint density at radius 2 is 1.63 bits per heavy atom. The number of aromatic nitrogens is 1. The summed E-state index contributed by atoms with van der Waals surface area (Å²) in [6.45, 7) is 0.799. The van der Waals surface area contributed by atoms with E-state index in [4.69, 9.17) is 9.52 Å². The summed E-state index contributed by atoms with van der Waals surface area (Å²) in [6, 6.07) is 18.5. The van der Waals surface area contributed by atoms with Crippen molar-refractivity contribution in [3.63, 3.8) is 0 Å². The van der Waals surface area contributed by atoms with Crippen molar-refractivity contribution < 1.29 is 19.4 Å². The van der Waals surface area contributed by atoms with Gasteiger partial charge >= 0.3 is 5.97 Å². The first-order chi connectivity index (χ1) is 13.0. The number of hydrogen-bond acceptors (Lipinski definition) is 5. The van der Waals surface area contributed by atoms with Gasteiger partial charge in [-0.1, -0.05) is 60.7 Å². The summed E-state index contributed by atoms with van der Waals surface area (Å²) in [4.78, 5) is 16.9. The smallest absolute Gasteiger partial charge is 0.304 e. The molecule has 0 saturated heterocycles. The van der Waals surface area contributed by atoms with Crippen LogP contribution in [0.5, 0.6) is 0 Å². The molecule has 0 unspecified atom stereocenters. The summed E-state index contributed by atoms with van der Waals surface area (Å²) in [5.41, 5.74) is -0.201.